The van der Waals surface area contributed by atoms with Gasteiger partial charge < -0.3 is 30.2 Å². The Morgan fingerprint density at radius 3 is 2.97 bits per heavy atom. The van der Waals surface area contributed by atoms with Crippen molar-refractivity contribution >= 4 is 22.9 Å². The van der Waals surface area contributed by atoms with Gasteiger partial charge in [-0.2, -0.15) is 18.2 Å². The van der Waals surface area contributed by atoms with Crippen molar-refractivity contribution in [3.05, 3.63) is 34.8 Å². The van der Waals surface area contributed by atoms with Crippen molar-refractivity contribution in [1.82, 2.24) is 19.9 Å². The molecular weight excluding hydrogens is 435 g/mol. The summed E-state index contributed by atoms with van der Waals surface area (Å²) in [6.45, 7) is 2.92. The SMILES string of the molecule is C=CCO[C@H]1C[C@H](n2cc(C#CCNC(=O)C(F)(F)F)c3c(=O)[nH]c(N)nc32)O[C@@H]1CO. The summed E-state index contributed by atoms with van der Waals surface area (Å²) in [5, 5.41) is 11.3. The highest BCUT2D eigenvalue weighted by atomic mass is 19.4. The second-order valence-electron chi connectivity index (χ2n) is 6.79. The van der Waals surface area contributed by atoms with Crippen LogP contribution in [0.25, 0.3) is 11.0 Å². The molecule has 0 unspecified atom stereocenters. The van der Waals surface area contributed by atoms with Crippen LogP contribution in [-0.4, -0.2) is 63.7 Å². The normalized spacial score (nSPS) is 20.7. The number of carbonyl (C=O) groups excluding carboxylic acids is 1. The number of halogens is 3. The van der Waals surface area contributed by atoms with Crippen LogP contribution in [0.15, 0.2) is 23.6 Å². The van der Waals surface area contributed by atoms with E-state index in [2.05, 4.69) is 28.4 Å². The Labute approximate surface area is 179 Å². The van der Waals surface area contributed by atoms with Crippen LogP contribution in [0.1, 0.15) is 18.2 Å². The molecule has 0 bridgehead atoms. The van der Waals surface area contributed by atoms with Crippen molar-refractivity contribution < 1.29 is 32.5 Å². The molecule has 3 rings (SSSR count). The second-order valence-corrected chi connectivity index (χ2v) is 6.79. The molecule has 0 aliphatic carbocycles. The van der Waals surface area contributed by atoms with Crippen molar-refractivity contribution in [2.45, 2.75) is 31.0 Å². The van der Waals surface area contributed by atoms with Gasteiger partial charge in [0.25, 0.3) is 5.56 Å². The summed E-state index contributed by atoms with van der Waals surface area (Å²) in [5.74, 6) is 2.66. The van der Waals surface area contributed by atoms with Crippen LogP contribution in [0.5, 0.6) is 0 Å². The van der Waals surface area contributed by atoms with Crippen molar-refractivity contribution in [2.24, 2.45) is 0 Å². The number of nitrogens with zero attached hydrogens (tertiary/aromatic N) is 2. The number of hydrogen-bond donors (Lipinski definition) is 4. The first-order chi connectivity index (χ1) is 15.2. The molecule has 2 aromatic rings. The maximum absolute atomic E-state index is 12.5. The van der Waals surface area contributed by atoms with Crippen molar-refractivity contribution in [1.29, 1.82) is 0 Å². The summed E-state index contributed by atoms with van der Waals surface area (Å²) in [6, 6.07) is 0. The smallest absolute Gasteiger partial charge is 0.394 e. The van der Waals surface area contributed by atoms with E-state index < -0.39 is 42.6 Å². The number of nitrogen functional groups attached to an aromatic ring is 1. The van der Waals surface area contributed by atoms with Crippen LogP contribution < -0.4 is 16.6 Å². The molecule has 5 N–H and O–H groups in total. The van der Waals surface area contributed by atoms with Crippen molar-refractivity contribution in [2.75, 3.05) is 25.5 Å². The molecule has 3 atom stereocenters. The van der Waals surface area contributed by atoms with Crippen LogP contribution in [0.3, 0.4) is 0 Å². The molecule has 32 heavy (non-hydrogen) atoms. The third-order valence-corrected chi connectivity index (χ3v) is 4.62. The fourth-order valence-corrected chi connectivity index (χ4v) is 3.25. The van der Waals surface area contributed by atoms with E-state index in [0.29, 0.717) is 6.42 Å². The van der Waals surface area contributed by atoms with Crippen LogP contribution in [0, 0.1) is 11.8 Å². The van der Waals surface area contributed by atoms with Gasteiger partial charge in [-0.3, -0.25) is 14.6 Å². The number of aromatic amines is 1. The van der Waals surface area contributed by atoms with E-state index in [1.165, 1.54) is 10.8 Å². The zero-order valence-corrected chi connectivity index (χ0v) is 16.6. The number of fused-ring (bicyclic) bond motifs is 1. The van der Waals surface area contributed by atoms with Crippen LogP contribution in [0.4, 0.5) is 19.1 Å². The van der Waals surface area contributed by atoms with Gasteiger partial charge in [0.15, 0.2) is 5.65 Å². The lowest BCUT2D eigenvalue weighted by Crippen LogP contribution is -2.36. The molecule has 0 aromatic carbocycles. The molecule has 1 saturated heterocycles. The first-order valence-corrected chi connectivity index (χ1v) is 9.38. The molecule has 2 aromatic heterocycles. The monoisotopic (exact) mass is 455 g/mol. The quantitative estimate of drug-likeness (QED) is 0.359. The number of ether oxygens (including phenoxy) is 2. The summed E-state index contributed by atoms with van der Waals surface area (Å²) in [7, 11) is 0. The maximum atomic E-state index is 12.5. The molecular formula is C19H20F3N5O5. The predicted molar refractivity (Wildman–Crippen MR) is 106 cm³/mol. The van der Waals surface area contributed by atoms with Gasteiger partial charge >= 0.3 is 12.1 Å². The first kappa shape index (κ1) is 23.3. The standard InChI is InChI=1S/C19H20F3N5O5/c1-2-6-31-11-7-13(32-12(11)9-28)27-8-10(4-3-5-24-17(30)19(20,21)22)14-15(27)25-18(23)26-16(14)29/h2,8,11-13,28H,1,5-7,9H2,(H,24,30)(H3,23,25,26,29)/t11-,12+,13+/m0/s1. The maximum Gasteiger partial charge on any atom is 0.471 e. The molecule has 13 heteroatoms. The minimum absolute atomic E-state index is 0.0495. The van der Waals surface area contributed by atoms with Crippen molar-refractivity contribution in [3.63, 3.8) is 0 Å². The highest BCUT2D eigenvalue weighted by molar-refractivity contribution is 5.84. The minimum atomic E-state index is -5.02. The number of H-pyrrole nitrogens is 1. The molecule has 1 amide bonds. The number of aromatic nitrogens is 3. The number of anilines is 1. The third-order valence-electron chi connectivity index (χ3n) is 4.62. The van der Waals surface area contributed by atoms with E-state index in [1.807, 2.05) is 0 Å². The fraction of sp³-hybridized carbons (Fsp3) is 0.421. The molecule has 0 radical (unpaired) electrons. The third kappa shape index (κ3) is 4.93. The highest BCUT2D eigenvalue weighted by Crippen LogP contribution is 2.33. The van der Waals surface area contributed by atoms with Gasteiger partial charge in [0.1, 0.15) is 12.3 Å². The lowest BCUT2D eigenvalue weighted by molar-refractivity contribution is -0.173. The average molecular weight is 455 g/mol. The zero-order chi connectivity index (χ0) is 23.5. The summed E-state index contributed by atoms with van der Waals surface area (Å²) in [5.41, 5.74) is 5.34. The molecule has 3 heterocycles. The molecule has 0 spiro atoms. The minimum Gasteiger partial charge on any atom is -0.394 e. The van der Waals surface area contributed by atoms with Gasteiger partial charge in [-0.25, -0.2) is 0 Å². The zero-order valence-electron chi connectivity index (χ0n) is 16.6. The highest BCUT2D eigenvalue weighted by Gasteiger charge is 2.38. The van der Waals surface area contributed by atoms with Gasteiger partial charge in [0, 0.05) is 12.6 Å². The summed E-state index contributed by atoms with van der Waals surface area (Å²) >= 11 is 0. The molecule has 1 aliphatic heterocycles. The Kier molecular flexibility index (Phi) is 6.87. The Bertz CT molecular complexity index is 1130. The Hall–Kier alpha value is -3.34. The van der Waals surface area contributed by atoms with E-state index >= 15 is 0 Å². The second kappa shape index (κ2) is 9.43. The van der Waals surface area contributed by atoms with Crippen molar-refractivity contribution in [3.8, 4) is 11.8 Å². The summed E-state index contributed by atoms with van der Waals surface area (Å²) < 4.78 is 49.7. The Balaban J connectivity index is 1.92. The Morgan fingerprint density at radius 1 is 1.56 bits per heavy atom. The van der Waals surface area contributed by atoms with Crippen LogP contribution in [0.2, 0.25) is 0 Å². The number of hydrogen-bond acceptors (Lipinski definition) is 7. The molecule has 10 nitrogen and oxygen atoms in total. The van der Waals surface area contributed by atoms with Gasteiger partial charge in [0.05, 0.1) is 36.8 Å². The molecule has 1 aliphatic rings. The van der Waals surface area contributed by atoms with Crippen LogP contribution >= 0.6 is 0 Å². The number of amides is 1. The van der Waals surface area contributed by atoms with E-state index in [4.69, 9.17) is 15.2 Å². The molecule has 172 valence electrons. The summed E-state index contributed by atoms with van der Waals surface area (Å²) in [6.07, 6.45) is -3.48. The molecule has 1 fully saturated rings. The van der Waals surface area contributed by atoms with Gasteiger partial charge in [-0.05, 0) is 0 Å². The topological polar surface area (TPSA) is 144 Å². The number of aliphatic hydroxyl groups is 1. The number of nitrogens with one attached hydrogen (secondary N) is 2. The van der Waals surface area contributed by atoms with Crippen LogP contribution in [-0.2, 0) is 14.3 Å². The predicted octanol–water partition coefficient (Wildman–Crippen LogP) is 0.188. The first-order valence-electron chi connectivity index (χ1n) is 9.38. The number of nitrogens with two attached hydrogens (primary N) is 1. The lowest BCUT2D eigenvalue weighted by Gasteiger charge is -2.15. The molecule has 0 saturated carbocycles. The van der Waals surface area contributed by atoms with E-state index in [-0.39, 0.29) is 35.8 Å². The number of rotatable bonds is 6. The number of alkyl halides is 3. The summed E-state index contributed by atoms with van der Waals surface area (Å²) in [4.78, 5) is 29.8. The number of aliphatic hydroxyl groups excluding tert-OH is 1. The fourth-order valence-electron chi connectivity index (χ4n) is 3.25. The largest absolute Gasteiger partial charge is 0.471 e. The van der Waals surface area contributed by atoms with E-state index in [1.54, 1.807) is 11.4 Å². The van der Waals surface area contributed by atoms with Gasteiger partial charge in [0.2, 0.25) is 5.95 Å². The Morgan fingerprint density at radius 2 is 2.31 bits per heavy atom. The van der Waals surface area contributed by atoms with Gasteiger partial charge in [-0.15, -0.1) is 6.58 Å². The van der Waals surface area contributed by atoms with E-state index in [9.17, 15) is 27.9 Å². The average Bonchev–Trinajstić information content (AvgIpc) is 3.29. The lowest BCUT2D eigenvalue weighted by atomic mass is 10.2. The number of carbonyl (C=O) groups is 1. The van der Waals surface area contributed by atoms with E-state index in [0.717, 1.165) is 0 Å². The van der Waals surface area contributed by atoms with Gasteiger partial charge in [-0.1, -0.05) is 17.9 Å².